The van der Waals surface area contributed by atoms with E-state index in [4.69, 9.17) is 4.42 Å². The minimum absolute atomic E-state index is 0. The van der Waals surface area contributed by atoms with E-state index < -0.39 is 0 Å². The van der Waals surface area contributed by atoms with Crippen LogP contribution >= 0.6 is 24.0 Å². The van der Waals surface area contributed by atoms with E-state index in [2.05, 4.69) is 51.6 Å². The predicted octanol–water partition coefficient (Wildman–Crippen LogP) is 3.81. The van der Waals surface area contributed by atoms with Crippen molar-refractivity contribution in [3.8, 4) is 11.5 Å². The molecule has 6 nitrogen and oxygen atoms in total. The van der Waals surface area contributed by atoms with Crippen molar-refractivity contribution in [3.63, 3.8) is 0 Å². The molecule has 2 aromatic rings. The molecule has 1 aromatic heterocycles. The molecule has 1 aromatic carbocycles. The second kappa shape index (κ2) is 11.4. The zero-order valence-corrected chi connectivity index (χ0v) is 19.4. The summed E-state index contributed by atoms with van der Waals surface area (Å²) in [6, 6.07) is 8.92. The number of aryl methyl sites for hydroxylation is 1. The lowest BCUT2D eigenvalue weighted by atomic mass is 10.1. The van der Waals surface area contributed by atoms with Crippen LogP contribution in [0.15, 0.2) is 39.9 Å². The van der Waals surface area contributed by atoms with E-state index in [-0.39, 0.29) is 24.0 Å². The lowest BCUT2D eigenvalue weighted by molar-refractivity contribution is 0.249. The van der Waals surface area contributed by atoms with Gasteiger partial charge in [-0.25, -0.2) is 4.98 Å². The van der Waals surface area contributed by atoms with E-state index in [1.807, 2.05) is 12.1 Å². The van der Waals surface area contributed by atoms with Gasteiger partial charge in [-0.3, -0.25) is 4.99 Å². The fourth-order valence-corrected chi connectivity index (χ4v) is 3.49. The van der Waals surface area contributed by atoms with E-state index in [9.17, 15) is 0 Å². The van der Waals surface area contributed by atoms with Crippen molar-refractivity contribution in [3.05, 3.63) is 41.8 Å². The van der Waals surface area contributed by atoms with Crippen LogP contribution in [0.2, 0.25) is 0 Å². The summed E-state index contributed by atoms with van der Waals surface area (Å²) >= 11 is 0. The first-order chi connectivity index (χ1) is 13.2. The highest BCUT2D eigenvalue weighted by atomic mass is 127. The summed E-state index contributed by atoms with van der Waals surface area (Å²) in [6.45, 7) is 4.54. The maximum Gasteiger partial charge on any atom is 0.226 e. The maximum atomic E-state index is 5.61. The molecule has 28 heavy (non-hydrogen) atoms. The Balaban J connectivity index is 0.00000280. The van der Waals surface area contributed by atoms with E-state index in [0.29, 0.717) is 12.4 Å². The fraction of sp³-hybridized carbons (Fsp3) is 0.524. The average molecular weight is 497 g/mol. The first-order valence-corrected chi connectivity index (χ1v) is 9.82. The molecule has 7 heteroatoms. The number of hydrogen-bond donors (Lipinski definition) is 2. The van der Waals surface area contributed by atoms with Gasteiger partial charge < -0.3 is 20.0 Å². The molecule has 1 aliphatic carbocycles. The number of rotatable bonds is 7. The highest BCUT2D eigenvalue weighted by Crippen LogP contribution is 2.22. The number of hydrogen-bond acceptors (Lipinski definition) is 4. The minimum atomic E-state index is 0. The van der Waals surface area contributed by atoms with Crippen molar-refractivity contribution in [2.75, 3.05) is 27.2 Å². The molecule has 0 aliphatic heterocycles. The van der Waals surface area contributed by atoms with Gasteiger partial charge in [-0.2, -0.15) is 0 Å². The molecule has 1 heterocycles. The topological polar surface area (TPSA) is 65.7 Å². The first-order valence-electron chi connectivity index (χ1n) is 9.82. The lowest BCUT2D eigenvalue weighted by Gasteiger charge is -2.24. The monoisotopic (exact) mass is 497 g/mol. The van der Waals surface area contributed by atoms with Crippen LogP contribution in [0.4, 0.5) is 0 Å². The SMILES string of the molecule is CN=C(NCCN(C)C1CCCC1)NCc1coc(-c2ccc(C)cc2)n1.I. The van der Waals surface area contributed by atoms with E-state index in [1.165, 1.54) is 31.2 Å². The molecule has 1 saturated carbocycles. The van der Waals surface area contributed by atoms with Crippen LogP contribution in [-0.2, 0) is 6.54 Å². The molecule has 0 amide bonds. The Hall–Kier alpha value is -1.61. The van der Waals surface area contributed by atoms with Crippen molar-refractivity contribution in [1.29, 1.82) is 0 Å². The molecule has 0 unspecified atom stereocenters. The van der Waals surface area contributed by atoms with Crippen molar-refractivity contribution >= 4 is 29.9 Å². The third kappa shape index (κ3) is 6.48. The van der Waals surface area contributed by atoms with Gasteiger partial charge in [-0.15, -0.1) is 24.0 Å². The Morgan fingerprint density at radius 2 is 1.93 bits per heavy atom. The molecule has 0 radical (unpaired) electrons. The summed E-state index contributed by atoms with van der Waals surface area (Å²) in [5.74, 6) is 1.43. The Kier molecular flexibility index (Phi) is 9.24. The number of halogens is 1. The smallest absolute Gasteiger partial charge is 0.226 e. The molecule has 2 N–H and O–H groups in total. The van der Waals surface area contributed by atoms with Crippen LogP contribution < -0.4 is 10.6 Å². The normalized spacial score (nSPS) is 14.9. The Labute approximate surface area is 185 Å². The number of oxazole rings is 1. The molecule has 0 saturated heterocycles. The molecular formula is C21H32IN5O. The van der Waals surface area contributed by atoms with Crippen molar-refractivity contribution < 1.29 is 4.42 Å². The molecule has 1 aliphatic rings. The highest BCUT2D eigenvalue weighted by molar-refractivity contribution is 14.0. The zero-order chi connectivity index (χ0) is 19.1. The average Bonchev–Trinajstić information content (AvgIpc) is 3.37. The van der Waals surface area contributed by atoms with Crippen molar-refractivity contribution in [2.24, 2.45) is 4.99 Å². The van der Waals surface area contributed by atoms with E-state index in [1.54, 1.807) is 13.3 Å². The summed E-state index contributed by atoms with van der Waals surface area (Å²) < 4.78 is 5.61. The fourth-order valence-electron chi connectivity index (χ4n) is 3.49. The van der Waals surface area contributed by atoms with Gasteiger partial charge >= 0.3 is 0 Å². The number of likely N-dealkylation sites (N-methyl/N-ethyl adjacent to an activating group) is 1. The minimum Gasteiger partial charge on any atom is -0.444 e. The molecule has 0 bridgehead atoms. The van der Waals surface area contributed by atoms with Crippen LogP contribution in [0, 0.1) is 6.92 Å². The molecule has 1 fully saturated rings. The van der Waals surface area contributed by atoms with Gasteiger partial charge in [0.2, 0.25) is 5.89 Å². The van der Waals surface area contributed by atoms with Crippen molar-refractivity contribution in [1.82, 2.24) is 20.5 Å². The predicted molar refractivity (Wildman–Crippen MR) is 125 cm³/mol. The molecule has 154 valence electrons. The summed E-state index contributed by atoms with van der Waals surface area (Å²) in [5, 5.41) is 6.68. The first kappa shape index (κ1) is 22.7. The lowest BCUT2D eigenvalue weighted by Crippen LogP contribution is -2.42. The third-order valence-corrected chi connectivity index (χ3v) is 5.22. The largest absolute Gasteiger partial charge is 0.444 e. The number of benzene rings is 1. The maximum absolute atomic E-state index is 5.61. The highest BCUT2D eigenvalue weighted by Gasteiger charge is 2.18. The summed E-state index contributed by atoms with van der Waals surface area (Å²) in [7, 11) is 4.01. The van der Waals surface area contributed by atoms with Crippen LogP contribution in [0.3, 0.4) is 0 Å². The van der Waals surface area contributed by atoms with Gasteiger partial charge in [0.15, 0.2) is 5.96 Å². The summed E-state index contributed by atoms with van der Waals surface area (Å²) in [4.78, 5) is 11.3. The third-order valence-electron chi connectivity index (χ3n) is 5.22. The van der Waals surface area contributed by atoms with Gasteiger partial charge in [0.25, 0.3) is 0 Å². The second-order valence-electron chi connectivity index (χ2n) is 7.28. The van der Waals surface area contributed by atoms with Gasteiger partial charge in [-0.05, 0) is 38.9 Å². The van der Waals surface area contributed by atoms with Gasteiger partial charge in [0.1, 0.15) is 6.26 Å². The number of aliphatic imine (C=N–C) groups is 1. The summed E-state index contributed by atoms with van der Waals surface area (Å²) in [5.41, 5.74) is 3.07. The molecule has 0 spiro atoms. The van der Waals surface area contributed by atoms with Gasteiger partial charge in [0, 0.05) is 31.7 Å². The number of nitrogens with one attached hydrogen (secondary N) is 2. The van der Waals surface area contributed by atoms with Gasteiger partial charge in [0.05, 0.1) is 12.2 Å². The van der Waals surface area contributed by atoms with Crippen LogP contribution in [0.5, 0.6) is 0 Å². The van der Waals surface area contributed by atoms with Crippen LogP contribution in [0.1, 0.15) is 36.9 Å². The number of aromatic nitrogens is 1. The number of guanidine groups is 1. The van der Waals surface area contributed by atoms with Crippen LogP contribution in [-0.4, -0.2) is 49.1 Å². The Morgan fingerprint density at radius 1 is 1.21 bits per heavy atom. The second-order valence-corrected chi connectivity index (χ2v) is 7.28. The molecule has 3 rings (SSSR count). The number of nitrogens with zero attached hydrogens (tertiary/aromatic N) is 3. The zero-order valence-electron chi connectivity index (χ0n) is 17.1. The standard InChI is InChI=1S/C21H31N5O.HI/c1-16-8-10-17(11-9-16)20-25-18(15-27-20)14-24-21(22-2)23-12-13-26(3)19-6-4-5-7-19;/h8-11,15,19H,4-7,12-14H2,1-3H3,(H2,22,23,24);1H. The van der Waals surface area contributed by atoms with E-state index >= 15 is 0 Å². The van der Waals surface area contributed by atoms with E-state index in [0.717, 1.165) is 36.3 Å². The Morgan fingerprint density at radius 3 is 2.61 bits per heavy atom. The molecule has 0 atom stereocenters. The molecular weight excluding hydrogens is 465 g/mol. The Bertz CT molecular complexity index is 738. The summed E-state index contributed by atoms with van der Waals surface area (Å²) in [6.07, 6.45) is 7.10. The quantitative estimate of drug-likeness (QED) is 0.346. The van der Waals surface area contributed by atoms with Crippen molar-refractivity contribution in [2.45, 2.75) is 45.2 Å². The van der Waals surface area contributed by atoms with Crippen LogP contribution in [0.25, 0.3) is 11.5 Å². The van der Waals surface area contributed by atoms with Gasteiger partial charge in [-0.1, -0.05) is 30.5 Å².